The Bertz CT molecular complexity index is 636. The Morgan fingerprint density at radius 1 is 1.32 bits per heavy atom. The summed E-state index contributed by atoms with van der Waals surface area (Å²) in [7, 11) is 3.76. The Morgan fingerprint density at radius 2 is 2.05 bits per heavy atom. The van der Waals surface area contributed by atoms with E-state index in [0.717, 1.165) is 42.7 Å². The van der Waals surface area contributed by atoms with E-state index in [1.54, 1.807) is 7.11 Å². The maximum absolute atomic E-state index is 12.2. The van der Waals surface area contributed by atoms with Gasteiger partial charge in [-0.3, -0.25) is 4.57 Å². The number of aromatic amines is 1. The van der Waals surface area contributed by atoms with Crippen molar-refractivity contribution in [1.82, 2.24) is 14.5 Å². The summed E-state index contributed by atoms with van der Waals surface area (Å²) in [6.07, 6.45) is 2.05. The number of likely N-dealkylation sites (tertiary alicyclic amines) is 1. The second-order valence-corrected chi connectivity index (χ2v) is 5.22. The minimum atomic E-state index is -0.0159. The number of imidazole rings is 1. The fourth-order valence-electron chi connectivity index (χ4n) is 2.85. The molecule has 2 aromatic rings. The summed E-state index contributed by atoms with van der Waals surface area (Å²) in [5.41, 5.74) is 1.81. The van der Waals surface area contributed by atoms with Gasteiger partial charge in [0.1, 0.15) is 5.75 Å². The van der Waals surface area contributed by atoms with Crippen molar-refractivity contribution >= 4 is 11.0 Å². The minimum absolute atomic E-state index is 0.0159. The van der Waals surface area contributed by atoms with Gasteiger partial charge in [0.05, 0.1) is 18.1 Å². The van der Waals surface area contributed by atoms with Crippen molar-refractivity contribution in [3.8, 4) is 5.75 Å². The van der Waals surface area contributed by atoms with Crippen molar-refractivity contribution in [1.29, 1.82) is 0 Å². The molecule has 0 radical (unpaired) electrons. The topological polar surface area (TPSA) is 50.3 Å². The van der Waals surface area contributed by atoms with Crippen LogP contribution in [0.2, 0.25) is 0 Å². The highest BCUT2D eigenvalue weighted by Crippen LogP contribution is 2.25. The Morgan fingerprint density at radius 3 is 2.74 bits per heavy atom. The van der Waals surface area contributed by atoms with Gasteiger partial charge in [-0.15, -0.1) is 0 Å². The summed E-state index contributed by atoms with van der Waals surface area (Å²) in [6, 6.07) is 6.04. The summed E-state index contributed by atoms with van der Waals surface area (Å²) in [6.45, 7) is 2.08. The molecule has 0 atom stereocenters. The molecule has 0 spiro atoms. The van der Waals surface area contributed by atoms with Crippen molar-refractivity contribution in [2.24, 2.45) is 0 Å². The molecule has 2 heterocycles. The van der Waals surface area contributed by atoms with Crippen LogP contribution in [0, 0.1) is 0 Å². The molecule has 0 aliphatic carbocycles. The average Bonchev–Trinajstić information content (AvgIpc) is 2.74. The van der Waals surface area contributed by atoms with Gasteiger partial charge in [-0.05, 0) is 45.1 Å². The Hall–Kier alpha value is -1.75. The standard InChI is InChI=1S/C14H19N3O2/c1-16-7-5-10(6-8-16)17-13-4-3-11(19-2)9-12(13)15-14(17)18/h3-4,9-10H,5-8H2,1-2H3,(H,15,18). The van der Waals surface area contributed by atoms with E-state index < -0.39 is 0 Å². The van der Waals surface area contributed by atoms with Gasteiger partial charge in [0.2, 0.25) is 0 Å². The van der Waals surface area contributed by atoms with E-state index in [1.165, 1.54) is 0 Å². The molecular formula is C14H19N3O2. The smallest absolute Gasteiger partial charge is 0.326 e. The fourth-order valence-corrected chi connectivity index (χ4v) is 2.85. The highest BCUT2D eigenvalue weighted by atomic mass is 16.5. The molecule has 5 heteroatoms. The van der Waals surface area contributed by atoms with E-state index in [-0.39, 0.29) is 5.69 Å². The zero-order valence-corrected chi connectivity index (χ0v) is 11.3. The molecule has 5 nitrogen and oxygen atoms in total. The Kier molecular flexibility index (Phi) is 3.06. The predicted octanol–water partition coefficient (Wildman–Crippen LogP) is 1.60. The highest BCUT2D eigenvalue weighted by Gasteiger charge is 2.21. The number of hydrogen-bond donors (Lipinski definition) is 1. The molecule has 0 unspecified atom stereocenters. The first-order valence-corrected chi connectivity index (χ1v) is 6.66. The molecule has 1 aliphatic heterocycles. The number of ether oxygens (including phenoxy) is 1. The summed E-state index contributed by atoms with van der Waals surface area (Å²) in [4.78, 5) is 17.4. The van der Waals surface area contributed by atoms with E-state index >= 15 is 0 Å². The van der Waals surface area contributed by atoms with E-state index in [1.807, 2.05) is 22.8 Å². The van der Waals surface area contributed by atoms with Gasteiger partial charge in [-0.2, -0.15) is 0 Å². The van der Waals surface area contributed by atoms with Crippen LogP contribution in [-0.4, -0.2) is 41.7 Å². The molecule has 3 rings (SSSR count). The number of benzene rings is 1. The molecule has 1 aliphatic rings. The van der Waals surface area contributed by atoms with E-state index in [9.17, 15) is 4.79 Å². The first-order valence-electron chi connectivity index (χ1n) is 6.66. The molecule has 0 bridgehead atoms. The van der Waals surface area contributed by atoms with E-state index in [2.05, 4.69) is 16.9 Å². The number of methoxy groups -OCH3 is 1. The normalized spacial score (nSPS) is 18.0. The lowest BCUT2D eigenvalue weighted by Gasteiger charge is -2.29. The summed E-state index contributed by atoms with van der Waals surface area (Å²) >= 11 is 0. The minimum Gasteiger partial charge on any atom is -0.497 e. The molecule has 102 valence electrons. The molecule has 1 aromatic heterocycles. The van der Waals surface area contributed by atoms with E-state index in [0.29, 0.717) is 6.04 Å². The number of hydrogen-bond acceptors (Lipinski definition) is 3. The third kappa shape index (κ3) is 2.14. The molecule has 1 saturated heterocycles. The van der Waals surface area contributed by atoms with Crippen LogP contribution in [0.3, 0.4) is 0 Å². The average molecular weight is 261 g/mol. The molecular weight excluding hydrogens is 242 g/mol. The zero-order valence-electron chi connectivity index (χ0n) is 11.3. The maximum atomic E-state index is 12.2. The van der Waals surface area contributed by atoms with Gasteiger partial charge in [-0.25, -0.2) is 4.79 Å². The maximum Gasteiger partial charge on any atom is 0.326 e. The lowest BCUT2D eigenvalue weighted by Crippen LogP contribution is -2.34. The number of piperidine rings is 1. The van der Waals surface area contributed by atoms with Crippen LogP contribution < -0.4 is 10.4 Å². The van der Waals surface area contributed by atoms with Gasteiger partial charge in [0.25, 0.3) is 0 Å². The Balaban J connectivity index is 2.03. The number of aromatic nitrogens is 2. The van der Waals surface area contributed by atoms with Crippen LogP contribution in [0.4, 0.5) is 0 Å². The van der Waals surface area contributed by atoms with Crippen LogP contribution >= 0.6 is 0 Å². The van der Waals surface area contributed by atoms with Crippen molar-refractivity contribution in [2.75, 3.05) is 27.2 Å². The molecule has 0 saturated carbocycles. The summed E-state index contributed by atoms with van der Waals surface area (Å²) < 4.78 is 7.10. The molecule has 1 N–H and O–H groups in total. The van der Waals surface area contributed by atoms with Gasteiger partial charge in [0, 0.05) is 12.1 Å². The van der Waals surface area contributed by atoms with Gasteiger partial charge in [0.15, 0.2) is 0 Å². The van der Waals surface area contributed by atoms with Crippen LogP contribution in [0.25, 0.3) is 11.0 Å². The SMILES string of the molecule is COc1ccc2c(c1)[nH]c(=O)n2C1CCN(C)CC1. The third-order valence-corrected chi connectivity index (χ3v) is 3.98. The quantitative estimate of drug-likeness (QED) is 0.893. The predicted molar refractivity (Wildman–Crippen MR) is 74.9 cm³/mol. The second kappa shape index (κ2) is 4.74. The van der Waals surface area contributed by atoms with Crippen molar-refractivity contribution in [3.05, 3.63) is 28.7 Å². The second-order valence-electron chi connectivity index (χ2n) is 5.22. The summed E-state index contributed by atoms with van der Waals surface area (Å²) in [5, 5.41) is 0. The largest absolute Gasteiger partial charge is 0.497 e. The monoisotopic (exact) mass is 261 g/mol. The van der Waals surface area contributed by atoms with Crippen LogP contribution in [0.1, 0.15) is 18.9 Å². The first kappa shape index (κ1) is 12.3. The molecule has 0 amide bonds. The molecule has 19 heavy (non-hydrogen) atoms. The van der Waals surface area contributed by atoms with Crippen molar-refractivity contribution < 1.29 is 4.74 Å². The number of nitrogens with one attached hydrogen (secondary N) is 1. The van der Waals surface area contributed by atoms with Gasteiger partial charge < -0.3 is 14.6 Å². The van der Waals surface area contributed by atoms with Crippen molar-refractivity contribution in [3.63, 3.8) is 0 Å². The number of nitrogens with zero attached hydrogens (tertiary/aromatic N) is 2. The molecule has 1 aromatic carbocycles. The lowest BCUT2D eigenvalue weighted by atomic mass is 10.1. The highest BCUT2D eigenvalue weighted by molar-refractivity contribution is 5.77. The van der Waals surface area contributed by atoms with Crippen molar-refractivity contribution in [2.45, 2.75) is 18.9 Å². The van der Waals surface area contributed by atoms with E-state index in [4.69, 9.17) is 4.74 Å². The number of rotatable bonds is 2. The zero-order chi connectivity index (χ0) is 13.4. The number of H-pyrrole nitrogens is 1. The fraction of sp³-hybridized carbons (Fsp3) is 0.500. The first-order chi connectivity index (χ1) is 9.19. The third-order valence-electron chi connectivity index (χ3n) is 3.98. The van der Waals surface area contributed by atoms with Crippen LogP contribution in [-0.2, 0) is 0 Å². The molecule has 1 fully saturated rings. The van der Waals surface area contributed by atoms with Crippen LogP contribution in [0.5, 0.6) is 5.75 Å². The van der Waals surface area contributed by atoms with Gasteiger partial charge in [-0.1, -0.05) is 0 Å². The Labute approximate surface area is 111 Å². The van der Waals surface area contributed by atoms with Gasteiger partial charge >= 0.3 is 5.69 Å². The lowest BCUT2D eigenvalue weighted by molar-refractivity contribution is 0.221. The van der Waals surface area contributed by atoms with Crippen LogP contribution in [0.15, 0.2) is 23.0 Å². The number of fused-ring (bicyclic) bond motifs is 1. The summed E-state index contributed by atoms with van der Waals surface area (Å²) in [5.74, 6) is 0.768.